The summed E-state index contributed by atoms with van der Waals surface area (Å²) >= 11 is 0. The smallest absolute Gasteiger partial charge is 0.0894 e. The molecule has 0 aromatic carbocycles. The molecule has 0 amide bonds. The third kappa shape index (κ3) is 6.82. The minimum Gasteiger partial charge on any atom is -0.255 e. The van der Waals surface area contributed by atoms with Crippen LogP contribution in [0, 0.1) is 0 Å². The molecule has 0 saturated heterocycles. The molecule has 0 bridgehead atoms. The summed E-state index contributed by atoms with van der Waals surface area (Å²) in [5.41, 5.74) is 6.82. The zero-order chi connectivity index (χ0) is 24.4. The van der Waals surface area contributed by atoms with E-state index in [1.54, 1.807) is 24.8 Å². The fraction of sp³-hybridized carbons (Fsp3) is 0. The molecule has 0 radical (unpaired) electrons. The van der Waals surface area contributed by atoms with Crippen molar-refractivity contribution < 1.29 is 19.8 Å². The first-order valence-corrected chi connectivity index (χ1v) is 11.5. The van der Waals surface area contributed by atoms with Gasteiger partial charge in [-0.05, 0) is 72.8 Å². The van der Waals surface area contributed by atoms with E-state index >= 15 is 0 Å². The summed E-state index contributed by atoms with van der Waals surface area (Å²) in [6.07, 6.45) is 7.07. The van der Waals surface area contributed by atoms with Gasteiger partial charge in [0.1, 0.15) is 0 Å². The molecule has 0 aliphatic heterocycles. The Bertz CT molecular complexity index is 1400. The average Bonchev–Trinajstić information content (AvgIpc) is 2.99. The summed E-state index contributed by atoms with van der Waals surface area (Å²) in [5, 5.41) is 0. The molecule has 0 aliphatic rings. The predicted molar refractivity (Wildman–Crippen MR) is 141 cm³/mol. The maximum atomic E-state index is 4.70. The number of nitrogens with zero attached hydrogens (tertiary/aromatic N) is 6. The van der Waals surface area contributed by atoms with Crippen LogP contribution in [-0.2, 0) is 19.8 Å². The molecular formula is C30H22N6Os. The van der Waals surface area contributed by atoms with E-state index in [2.05, 4.69) is 19.9 Å². The van der Waals surface area contributed by atoms with Crippen LogP contribution in [-0.4, -0.2) is 29.9 Å². The third-order valence-corrected chi connectivity index (χ3v) is 5.21. The average molecular weight is 657 g/mol. The fourth-order valence-electron chi connectivity index (χ4n) is 3.50. The molecule has 6 heterocycles. The number of rotatable bonds is 4. The normalized spacial score (nSPS) is 9.95. The van der Waals surface area contributed by atoms with E-state index in [1.165, 1.54) is 0 Å². The Kier molecular flexibility index (Phi) is 9.01. The fourth-order valence-corrected chi connectivity index (χ4v) is 3.50. The monoisotopic (exact) mass is 658 g/mol. The molecule has 0 N–H and O–H groups in total. The number of aromatic nitrogens is 6. The Hall–Kier alpha value is -4.46. The Labute approximate surface area is 228 Å². The van der Waals surface area contributed by atoms with Crippen molar-refractivity contribution >= 4 is 0 Å². The van der Waals surface area contributed by atoms with Crippen molar-refractivity contribution in [3.05, 3.63) is 134 Å². The Balaban J connectivity index is 0.000000208. The third-order valence-electron chi connectivity index (χ3n) is 5.21. The van der Waals surface area contributed by atoms with E-state index < -0.39 is 0 Å². The van der Waals surface area contributed by atoms with Crippen molar-refractivity contribution in [3.63, 3.8) is 0 Å². The minimum absolute atomic E-state index is 0. The van der Waals surface area contributed by atoms with Gasteiger partial charge in [-0.1, -0.05) is 36.4 Å². The van der Waals surface area contributed by atoms with E-state index in [-0.39, 0.29) is 19.8 Å². The maximum Gasteiger partial charge on any atom is 0.0894 e. The number of hydrogen-bond acceptors (Lipinski definition) is 6. The largest absolute Gasteiger partial charge is 0.255 e. The molecule has 0 atom stereocenters. The van der Waals surface area contributed by atoms with Gasteiger partial charge in [0, 0.05) is 44.6 Å². The predicted octanol–water partition coefficient (Wildman–Crippen LogP) is 6.41. The van der Waals surface area contributed by atoms with Gasteiger partial charge < -0.3 is 0 Å². The zero-order valence-corrected chi connectivity index (χ0v) is 22.3. The molecule has 0 unspecified atom stereocenters. The van der Waals surface area contributed by atoms with Crippen LogP contribution in [0.25, 0.3) is 45.6 Å². The second-order valence-electron chi connectivity index (χ2n) is 7.68. The van der Waals surface area contributed by atoms with Crippen LogP contribution in [0.4, 0.5) is 0 Å². The van der Waals surface area contributed by atoms with Crippen LogP contribution in [0.1, 0.15) is 0 Å². The molecule has 0 fully saturated rings. The standard InChI is InChI=1S/C20H14N4.C10H8N2.Os/c1-3-13-21-15(7-1)17-9-5-11-19(23-17)20-12-6-10-18(24-20)16-8-2-4-14-22-16;1-3-7-11-9(5-1)10-6-2-4-8-12-10;/h1-14H;1-8H;. The van der Waals surface area contributed by atoms with Crippen LogP contribution in [0.2, 0.25) is 0 Å². The molecule has 6 nitrogen and oxygen atoms in total. The topological polar surface area (TPSA) is 77.3 Å². The SMILES string of the molecule is [Os].c1ccc(-c2cccc(-c3cccc(-c4ccccn4)n3)n2)nc1.c1ccc(-c2ccccn2)nc1. The summed E-state index contributed by atoms with van der Waals surface area (Å²) in [7, 11) is 0. The van der Waals surface area contributed by atoms with E-state index in [0.717, 1.165) is 45.6 Å². The Morgan fingerprint density at radius 3 is 0.784 bits per heavy atom. The summed E-state index contributed by atoms with van der Waals surface area (Å²) in [4.78, 5) is 26.5. The second kappa shape index (κ2) is 13.0. The Morgan fingerprint density at radius 1 is 0.270 bits per heavy atom. The molecule has 6 aromatic heterocycles. The first-order chi connectivity index (χ1) is 17.9. The Morgan fingerprint density at radius 2 is 0.514 bits per heavy atom. The molecule has 37 heavy (non-hydrogen) atoms. The van der Waals surface area contributed by atoms with Crippen molar-refractivity contribution in [1.82, 2.24) is 29.9 Å². The minimum atomic E-state index is 0. The van der Waals surface area contributed by atoms with Crippen molar-refractivity contribution in [3.8, 4) is 45.6 Å². The van der Waals surface area contributed by atoms with Gasteiger partial charge in [-0.25, -0.2) is 9.97 Å². The quantitative estimate of drug-likeness (QED) is 0.218. The summed E-state index contributed by atoms with van der Waals surface area (Å²) in [5.74, 6) is 0. The van der Waals surface area contributed by atoms with Gasteiger partial charge in [0.25, 0.3) is 0 Å². The zero-order valence-electron chi connectivity index (χ0n) is 19.7. The van der Waals surface area contributed by atoms with Gasteiger partial charge in [-0.15, -0.1) is 0 Å². The first-order valence-electron chi connectivity index (χ1n) is 11.5. The molecule has 180 valence electrons. The molecular weight excluding hydrogens is 635 g/mol. The summed E-state index contributed by atoms with van der Waals surface area (Å²) in [6.45, 7) is 0. The first kappa shape index (κ1) is 25.6. The molecule has 0 aliphatic carbocycles. The van der Waals surface area contributed by atoms with Gasteiger partial charge in [0.2, 0.25) is 0 Å². The number of hydrogen-bond donors (Lipinski definition) is 0. The van der Waals surface area contributed by atoms with Crippen molar-refractivity contribution in [1.29, 1.82) is 0 Å². The van der Waals surface area contributed by atoms with E-state index in [4.69, 9.17) is 9.97 Å². The van der Waals surface area contributed by atoms with E-state index in [0.29, 0.717) is 0 Å². The molecule has 0 spiro atoms. The maximum absolute atomic E-state index is 4.70. The summed E-state index contributed by atoms with van der Waals surface area (Å²) in [6, 6.07) is 35.0. The van der Waals surface area contributed by atoms with Crippen molar-refractivity contribution in [2.24, 2.45) is 0 Å². The van der Waals surface area contributed by atoms with E-state index in [9.17, 15) is 0 Å². The molecule has 7 heteroatoms. The van der Waals surface area contributed by atoms with Crippen molar-refractivity contribution in [2.75, 3.05) is 0 Å². The van der Waals surface area contributed by atoms with Crippen LogP contribution in [0.15, 0.2) is 134 Å². The molecule has 0 saturated carbocycles. The van der Waals surface area contributed by atoms with Crippen LogP contribution < -0.4 is 0 Å². The second-order valence-corrected chi connectivity index (χ2v) is 7.68. The molecule has 6 rings (SSSR count). The molecule has 6 aromatic rings. The van der Waals surface area contributed by atoms with E-state index in [1.807, 2.05) is 109 Å². The van der Waals surface area contributed by atoms with Crippen LogP contribution >= 0.6 is 0 Å². The number of pyridine rings is 6. The van der Waals surface area contributed by atoms with Crippen LogP contribution in [0.5, 0.6) is 0 Å². The van der Waals surface area contributed by atoms with Crippen LogP contribution in [0.3, 0.4) is 0 Å². The van der Waals surface area contributed by atoms with Gasteiger partial charge in [0.05, 0.1) is 45.6 Å². The van der Waals surface area contributed by atoms with Gasteiger partial charge in [-0.3, -0.25) is 19.9 Å². The van der Waals surface area contributed by atoms with Gasteiger partial charge >= 0.3 is 0 Å². The summed E-state index contributed by atoms with van der Waals surface area (Å²) < 4.78 is 0. The van der Waals surface area contributed by atoms with Gasteiger partial charge in [-0.2, -0.15) is 0 Å². The van der Waals surface area contributed by atoms with Gasteiger partial charge in [0.15, 0.2) is 0 Å². The van der Waals surface area contributed by atoms with Crippen molar-refractivity contribution in [2.45, 2.75) is 0 Å².